The van der Waals surface area contributed by atoms with Gasteiger partial charge < -0.3 is 9.47 Å². The summed E-state index contributed by atoms with van der Waals surface area (Å²) in [6, 6.07) is 0. The maximum Gasteiger partial charge on any atom is 0.181 e. The van der Waals surface area contributed by atoms with Gasteiger partial charge in [0.25, 0.3) is 0 Å². The van der Waals surface area contributed by atoms with E-state index in [1.54, 1.807) is 0 Å². The quantitative estimate of drug-likeness (QED) is 0.639. The van der Waals surface area contributed by atoms with E-state index in [0.717, 1.165) is 45.7 Å². The topological polar surface area (TPSA) is 21.7 Å². The largest absolute Gasteiger partial charge is 0.346 e. The van der Waals surface area contributed by atoms with Crippen molar-refractivity contribution in [3.63, 3.8) is 0 Å². The van der Waals surface area contributed by atoms with Crippen molar-refractivity contribution in [1.82, 2.24) is 4.90 Å². The number of nitrogens with zero attached hydrogens (tertiary/aromatic N) is 1. The van der Waals surface area contributed by atoms with Gasteiger partial charge in [0.1, 0.15) is 0 Å². The van der Waals surface area contributed by atoms with Crippen molar-refractivity contribution in [3.05, 3.63) is 0 Å². The lowest BCUT2D eigenvalue weighted by atomic mass is 10.0. The lowest BCUT2D eigenvalue weighted by molar-refractivity contribution is -0.189. The Morgan fingerprint density at radius 2 is 2.13 bits per heavy atom. The number of hydrogen-bond donors (Lipinski definition) is 0. The normalized spacial score (nSPS) is 25.1. The molecule has 15 heavy (non-hydrogen) atoms. The van der Waals surface area contributed by atoms with Crippen LogP contribution in [0.15, 0.2) is 0 Å². The maximum absolute atomic E-state index is 5.72. The van der Waals surface area contributed by atoms with Crippen LogP contribution in [0.2, 0.25) is 0 Å². The van der Waals surface area contributed by atoms with Gasteiger partial charge in [0.2, 0.25) is 0 Å². The van der Waals surface area contributed by atoms with Crippen molar-refractivity contribution in [3.8, 4) is 11.8 Å². The molecule has 84 valence electrons. The van der Waals surface area contributed by atoms with Crippen LogP contribution in [0.3, 0.4) is 0 Å². The van der Waals surface area contributed by atoms with E-state index >= 15 is 0 Å². The summed E-state index contributed by atoms with van der Waals surface area (Å²) in [5.41, 5.74) is 0. The summed E-state index contributed by atoms with van der Waals surface area (Å²) in [5, 5.41) is 0. The molecule has 0 amide bonds. The number of piperidine rings is 1. The van der Waals surface area contributed by atoms with Crippen LogP contribution in [0.1, 0.15) is 26.2 Å². The molecular weight excluding hydrogens is 190 g/mol. The van der Waals surface area contributed by atoms with Crippen molar-refractivity contribution >= 4 is 0 Å². The Morgan fingerprint density at radius 3 is 2.87 bits per heavy atom. The van der Waals surface area contributed by atoms with Gasteiger partial charge in [0, 0.05) is 19.4 Å². The summed E-state index contributed by atoms with van der Waals surface area (Å²) in [6.07, 6.45) is 3.16. The molecule has 0 aliphatic carbocycles. The van der Waals surface area contributed by atoms with E-state index < -0.39 is 0 Å². The molecule has 0 N–H and O–H groups in total. The van der Waals surface area contributed by atoms with E-state index in [1.165, 1.54) is 6.42 Å². The molecule has 3 nitrogen and oxygen atoms in total. The number of rotatable bonds is 2. The molecule has 1 spiro atoms. The van der Waals surface area contributed by atoms with Gasteiger partial charge in [-0.1, -0.05) is 0 Å². The Hall–Kier alpha value is -0.560. The van der Waals surface area contributed by atoms with Crippen molar-refractivity contribution in [1.29, 1.82) is 0 Å². The second-order valence-corrected chi connectivity index (χ2v) is 4.16. The first kappa shape index (κ1) is 10.9. The molecule has 0 bridgehead atoms. The van der Waals surface area contributed by atoms with Crippen molar-refractivity contribution in [2.24, 2.45) is 0 Å². The Labute approximate surface area is 91.7 Å². The summed E-state index contributed by atoms with van der Waals surface area (Å²) in [5.74, 6) is 5.75. The van der Waals surface area contributed by atoms with E-state index in [0.29, 0.717) is 0 Å². The molecule has 0 radical (unpaired) electrons. The predicted molar refractivity (Wildman–Crippen MR) is 58.4 cm³/mol. The summed E-state index contributed by atoms with van der Waals surface area (Å²) in [6.45, 7) is 6.50. The number of ether oxygens (including phenoxy) is 2. The van der Waals surface area contributed by atoms with Gasteiger partial charge in [-0.25, -0.2) is 0 Å². The zero-order chi connectivity index (χ0) is 10.6. The summed E-state index contributed by atoms with van der Waals surface area (Å²) in [4.78, 5) is 2.40. The number of hydrogen-bond acceptors (Lipinski definition) is 3. The molecule has 2 rings (SSSR count). The van der Waals surface area contributed by atoms with Crippen LogP contribution in [0.4, 0.5) is 0 Å². The van der Waals surface area contributed by atoms with Crippen LogP contribution < -0.4 is 0 Å². The van der Waals surface area contributed by atoms with Crippen LogP contribution in [0.5, 0.6) is 0 Å². The number of likely N-dealkylation sites (tertiary alicyclic amines) is 1. The summed E-state index contributed by atoms with van der Waals surface area (Å²) >= 11 is 0. The minimum Gasteiger partial charge on any atom is -0.346 e. The highest BCUT2D eigenvalue weighted by Crippen LogP contribution is 2.29. The first-order valence-corrected chi connectivity index (χ1v) is 5.74. The minimum absolute atomic E-state index is 0.280. The molecule has 2 heterocycles. The molecule has 2 aliphatic rings. The first-order chi connectivity index (χ1) is 7.35. The molecule has 0 aromatic heterocycles. The highest BCUT2D eigenvalue weighted by Gasteiger charge is 2.40. The zero-order valence-electron chi connectivity index (χ0n) is 9.42. The summed E-state index contributed by atoms with van der Waals surface area (Å²) < 4.78 is 11.4. The van der Waals surface area contributed by atoms with Crippen molar-refractivity contribution in [2.45, 2.75) is 32.0 Å². The molecule has 0 aromatic carbocycles. The average Bonchev–Trinajstić information content (AvgIpc) is 2.67. The molecule has 0 atom stereocenters. The molecule has 2 fully saturated rings. The van der Waals surface area contributed by atoms with E-state index in [2.05, 4.69) is 16.7 Å². The Balaban J connectivity index is 1.83. The fourth-order valence-electron chi connectivity index (χ4n) is 2.33. The first-order valence-electron chi connectivity index (χ1n) is 5.74. The fourth-order valence-corrected chi connectivity index (χ4v) is 2.33. The fraction of sp³-hybridized carbons (Fsp3) is 0.833. The molecule has 0 saturated carbocycles. The van der Waals surface area contributed by atoms with Crippen LogP contribution in [0, 0.1) is 11.8 Å². The smallest absolute Gasteiger partial charge is 0.181 e. The highest BCUT2D eigenvalue weighted by molar-refractivity contribution is 4.96. The third-order valence-corrected chi connectivity index (χ3v) is 3.04. The second kappa shape index (κ2) is 4.98. The van der Waals surface area contributed by atoms with Gasteiger partial charge in [-0.2, -0.15) is 0 Å². The van der Waals surface area contributed by atoms with Crippen LogP contribution in [-0.2, 0) is 9.47 Å². The highest BCUT2D eigenvalue weighted by atomic mass is 16.7. The zero-order valence-corrected chi connectivity index (χ0v) is 9.42. The van der Waals surface area contributed by atoms with Crippen LogP contribution in [-0.4, -0.2) is 43.5 Å². The van der Waals surface area contributed by atoms with Gasteiger partial charge in [-0.05, 0) is 19.9 Å². The predicted octanol–water partition coefficient (Wildman–Crippen LogP) is 1.24. The lowest BCUT2D eigenvalue weighted by Gasteiger charge is -2.38. The monoisotopic (exact) mass is 209 g/mol. The van der Waals surface area contributed by atoms with Crippen LogP contribution >= 0.6 is 0 Å². The van der Waals surface area contributed by atoms with Gasteiger partial charge in [0.15, 0.2) is 5.79 Å². The van der Waals surface area contributed by atoms with E-state index in [9.17, 15) is 0 Å². The lowest BCUT2D eigenvalue weighted by Crippen LogP contribution is -2.49. The van der Waals surface area contributed by atoms with E-state index in [1.807, 2.05) is 6.92 Å². The molecule has 2 aliphatic heterocycles. The average molecular weight is 209 g/mol. The molecule has 2 saturated heterocycles. The Bertz CT molecular complexity index is 261. The van der Waals surface area contributed by atoms with Crippen molar-refractivity contribution in [2.75, 3.05) is 32.8 Å². The van der Waals surface area contributed by atoms with Gasteiger partial charge in [-0.15, -0.1) is 11.8 Å². The standard InChI is InChI=1S/C12H19NO2/c1-2-3-4-7-13-8-5-6-12(11-13)14-9-10-15-12/h4-11H2,1H3. The molecule has 3 heteroatoms. The van der Waals surface area contributed by atoms with Gasteiger partial charge >= 0.3 is 0 Å². The third kappa shape index (κ3) is 2.72. The van der Waals surface area contributed by atoms with E-state index in [-0.39, 0.29) is 5.79 Å². The Kier molecular flexibility index (Phi) is 3.63. The third-order valence-electron chi connectivity index (χ3n) is 3.04. The molecular formula is C12H19NO2. The van der Waals surface area contributed by atoms with Gasteiger partial charge in [0.05, 0.1) is 19.8 Å². The SMILES string of the molecule is CC#CCCN1CCCC2(C1)OCCO2. The van der Waals surface area contributed by atoms with Crippen molar-refractivity contribution < 1.29 is 9.47 Å². The minimum atomic E-state index is -0.280. The Morgan fingerprint density at radius 1 is 1.33 bits per heavy atom. The van der Waals surface area contributed by atoms with Crippen LogP contribution in [0.25, 0.3) is 0 Å². The molecule has 0 aromatic rings. The maximum atomic E-state index is 5.72. The van der Waals surface area contributed by atoms with E-state index in [4.69, 9.17) is 9.47 Å². The molecule has 0 unspecified atom stereocenters. The summed E-state index contributed by atoms with van der Waals surface area (Å²) in [7, 11) is 0. The second-order valence-electron chi connectivity index (χ2n) is 4.16. The van der Waals surface area contributed by atoms with Gasteiger partial charge in [-0.3, -0.25) is 4.90 Å².